The first-order chi connectivity index (χ1) is 7.79. The molecule has 0 aromatic carbocycles. The fourth-order valence-corrected chi connectivity index (χ4v) is 1.92. The van der Waals surface area contributed by atoms with Gasteiger partial charge in [-0.1, -0.05) is 0 Å². The molecule has 1 rings (SSSR count). The molecule has 4 nitrogen and oxygen atoms in total. The highest BCUT2D eigenvalue weighted by Gasteiger charge is 2.33. The zero-order chi connectivity index (χ0) is 13.1. The maximum absolute atomic E-state index is 11.9. The first-order valence-electron chi connectivity index (χ1n) is 5.40. The molecule has 1 N–H and O–H groups in total. The molecule has 1 aliphatic rings. The van der Waals surface area contributed by atoms with Crippen molar-refractivity contribution in [2.75, 3.05) is 13.1 Å². The minimum absolute atomic E-state index is 0.0643. The Morgan fingerprint density at radius 3 is 2.59 bits per heavy atom. The van der Waals surface area contributed by atoms with Gasteiger partial charge in [0.1, 0.15) is 12.3 Å². The van der Waals surface area contributed by atoms with Gasteiger partial charge in [-0.05, 0) is 19.8 Å². The van der Waals surface area contributed by atoms with Crippen LogP contribution in [0.4, 0.5) is 18.0 Å². The van der Waals surface area contributed by atoms with Crippen LogP contribution in [0.2, 0.25) is 0 Å². The summed E-state index contributed by atoms with van der Waals surface area (Å²) in [5.74, 6) is -0.0643. The number of nitrogens with one attached hydrogen (secondary N) is 1. The number of hydrogen-bond donors (Lipinski definition) is 1. The Bertz CT molecular complexity index is 304. The van der Waals surface area contributed by atoms with E-state index in [0.717, 1.165) is 6.42 Å². The SMILES string of the molecule is CC(=O)CC1CCCN1C(=O)NCC(F)(F)F. The van der Waals surface area contributed by atoms with E-state index in [1.165, 1.54) is 11.8 Å². The molecule has 1 unspecified atom stereocenters. The molecule has 0 radical (unpaired) electrons. The Morgan fingerprint density at radius 2 is 2.06 bits per heavy atom. The van der Waals surface area contributed by atoms with E-state index in [1.54, 1.807) is 0 Å². The minimum Gasteiger partial charge on any atom is -0.329 e. The van der Waals surface area contributed by atoms with Crippen molar-refractivity contribution in [2.24, 2.45) is 0 Å². The molecule has 2 amide bonds. The lowest BCUT2D eigenvalue weighted by atomic mass is 10.1. The second-order valence-corrected chi connectivity index (χ2v) is 4.17. The smallest absolute Gasteiger partial charge is 0.329 e. The molecule has 1 atom stereocenters. The second-order valence-electron chi connectivity index (χ2n) is 4.17. The zero-order valence-corrected chi connectivity index (χ0v) is 9.51. The number of carbonyl (C=O) groups is 2. The van der Waals surface area contributed by atoms with Gasteiger partial charge < -0.3 is 10.2 Å². The van der Waals surface area contributed by atoms with Crippen molar-refractivity contribution < 1.29 is 22.8 Å². The van der Waals surface area contributed by atoms with Crippen molar-refractivity contribution >= 4 is 11.8 Å². The van der Waals surface area contributed by atoms with E-state index in [2.05, 4.69) is 0 Å². The standard InChI is InChI=1S/C10H15F3N2O2/c1-7(16)5-8-3-2-4-15(8)9(17)14-6-10(11,12)13/h8H,2-6H2,1H3,(H,14,17). The summed E-state index contributed by atoms with van der Waals surface area (Å²) in [6.45, 7) is 0.473. The highest BCUT2D eigenvalue weighted by atomic mass is 19.4. The van der Waals surface area contributed by atoms with Crippen LogP contribution in [0.5, 0.6) is 0 Å². The van der Waals surface area contributed by atoms with E-state index in [4.69, 9.17) is 0 Å². The van der Waals surface area contributed by atoms with Crippen molar-refractivity contribution in [3.8, 4) is 0 Å². The number of likely N-dealkylation sites (tertiary alicyclic amines) is 1. The molecule has 0 aromatic rings. The average Bonchev–Trinajstić information content (AvgIpc) is 2.60. The van der Waals surface area contributed by atoms with Crippen molar-refractivity contribution in [2.45, 2.75) is 38.4 Å². The minimum atomic E-state index is -4.41. The van der Waals surface area contributed by atoms with E-state index in [9.17, 15) is 22.8 Å². The molecule has 0 saturated carbocycles. The average molecular weight is 252 g/mol. The second kappa shape index (κ2) is 5.37. The van der Waals surface area contributed by atoms with E-state index in [1.807, 2.05) is 5.32 Å². The van der Waals surface area contributed by atoms with E-state index >= 15 is 0 Å². The molecule has 17 heavy (non-hydrogen) atoms. The molecule has 98 valence electrons. The molecular formula is C10H15F3N2O2. The maximum Gasteiger partial charge on any atom is 0.405 e. The van der Waals surface area contributed by atoms with Gasteiger partial charge in [0, 0.05) is 19.0 Å². The Labute approximate surface area is 97.1 Å². The van der Waals surface area contributed by atoms with Gasteiger partial charge in [0.2, 0.25) is 0 Å². The van der Waals surface area contributed by atoms with Gasteiger partial charge in [-0.25, -0.2) is 4.79 Å². The number of urea groups is 1. The highest BCUT2D eigenvalue weighted by molar-refractivity contribution is 5.79. The van der Waals surface area contributed by atoms with E-state index < -0.39 is 18.8 Å². The lowest BCUT2D eigenvalue weighted by Crippen LogP contribution is -2.46. The van der Waals surface area contributed by atoms with Gasteiger partial charge in [0.05, 0.1) is 0 Å². The molecule has 0 spiro atoms. The van der Waals surface area contributed by atoms with Gasteiger partial charge >= 0.3 is 12.2 Å². The predicted molar refractivity (Wildman–Crippen MR) is 54.5 cm³/mol. The lowest BCUT2D eigenvalue weighted by molar-refractivity contribution is -0.123. The van der Waals surface area contributed by atoms with Crippen LogP contribution in [0.3, 0.4) is 0 Å². The number of amides is 2. The third-order valence-electron chi connectivity index (χ3n) is 2.60. The topological polar surface area (TPSA) is 49.4 Å². The maximum atomic E-state index is 11.9. The largest absolute Gasteiger partial charge is 0.405 e. The summed E-state index contributed by atoms with van der Waals surface area (Å²) in [4.78, 5) is 23.7. The summed E-state index contributed by atoms with van der Waals surface area (Å²) in [6, 6.07) is -1.01. The first kappa shape index (κ1) is 13.8. The van der Waals surface area contributed by atoms with Crippen molar-refractivity contribution in [3.05, 3.63) is 0 Å². The van der Waals surface area contributed by atoms with E-state index in [0.29, 0.717) is 13.0 Å². The molecule has 0 aromatic heterocycles. The normalized spacial score (nSPS) is 20.5. The van der Waals surface area contributed by atoms with Crippen LogP contribution in [0.15, 0.2) is 0 Å². The molecule has 1 fully saturated rings. The monoisotopic (exact) mass is 252 g/mol. The molecule has 1 heterocycles. The summed E-state index contributed by atoms with van der Waals surface area (Å²) < 4.78 is 35.8. The molecule has 0 aliphatic carbocycles. The number of ketones is 1. The number of rotatable bonds is 3. The van der Waals surface area contributed by atoms with Gasteiger partial charge in [-0.3, -0.25) is 4.79 Å². The number of nitrogens with zero attached hydrogens (tertiary/aromatic N) is 1. The molecule has 1 aliphatic heterocycles. The van der Waals surface area contributed by atoms with Crippen LogP contribution in [0, 0.1) is 0 Å². The van der Waals surface area contributed by atoms with Crippen LogP contribution >= 0.6 is 0 Å². The van der Waals surface area contributed by atoms with Gasteiger partial charge in [0.15, 0.2) is 0 Å². The number of carbonyl (C=O) groups excluding carboxylic acids is 2. The summed E-state index contributed by atoms with van der Waals surface area (Å²) >= 11 is 0. The van der Waals surface area contributed by atoms with Crippen molar-refractivity contribution in [1.29, 1.82) is 0 Å². The van der Waals surface area contributed by atoms with Crippen LogP contribution in [-0.2, 0) is 4.79 Å². The quantitative estimate of drug-likeness (QED) is 0.831. The molecule has 1 saturated heterocycles. The molecule has 7 heteroatoms. The fraction of sp³-hybridized carbons (Fsp3) is 0.800. The third-order valence-corrected chi connectivity index (χ3v) is 2.60. The number of Topliss-reactive ketones (excluding diaryl/α,β-unsaturated/α-hetero) is 1. The Kier molecular flexibility index (Phi) is 4.36. The molecular weight excluding hydrogens is 237 g/mol. The summed E-state index contributed by atoms with van der Waals surface area (Å²) in [5, 5.41) is 1.82. The summed E-state index contributed by atoms with van der Waals surface area (Å²) in [7, 11) is 0. The number of alkyl halides is 3. The Hall–Kier alpha value is -1.27. The first-order valence-corrected chi connectivity index (χ1v) is 5.40. The number of halogens is 3. The highest BCUT2D eigenvalue weighted by Crippen LogP contribution is 2.20. The third kappa shape index (κ3) is 4.62. The summed E-state index contributed by atoms with van der Waals surface area (Å²) in [6.07, 6.45) is -2.82. The van der Waals surface area contributed by atoms with Gasteiger partial charge in [-0.15, -0.1) is 0 Å². The van der Waals surface area contributed by atoms with Crippen LogP contribution in [-0.4, -0.2) is 42.0 Å². The Balaban J connectivity index is 2.47. The molecule has 0 bridgehead atoms. The summed E-state index contributed by atoms with van der Waals surface area (Å²) in [5.41, 5.74) is 0. The Morgan fingerprint density at radius 1 is 1.41 bits per heavy atom. The van der Waals surface area contributed by atoms with Gasteiger partial charge in [-0.2, -0.15) is 13.2 Å². The van der Waals surface area contributed by atoms with Crippen LogP contribution < -0.4 is 5.32 Å². The van der Waals surface area contributed by atoms with Crippen molar-refractivity contribution in [1.82, 2.24) is 10.2 Å². The lowest BCUT2D eigenvalue weighted by Gasteiger charge is -2.24. The van der Waals surface area contributed by atoms with Crippen LogP contribution in [0.1, 0.15) is 26.2 Å². The van der Waals surface area contributed by atoms with E-state index in [-0.39, 0.29) is 18.2 Å². The zero-order valence-electron chi connectivity index (χ0n) is 9.51. The van der Waals surface area contributed by atoms with Crippen molar-refractivity contribution in [3.63, 3.8) is 0 Å². The predicted octanol–water partition coefficient (Wildman–Crippen LogP) is 1.70. The fourth-order valence-electron chi connectivity index (χ4n) is 1.92. The van der Waals surface area contributed by atoms with Crippen LogP contribution in [0.25, 0.3) is 0 Å². The number of hydrogen-bond acceptors (Lipinski definition) is 2. The van der Waals surface area contributed by atoms with Gasteiger partial charge in [0.25, 0.3) is 0 Å².